The van der Waals surface area contributed by atoms with Crippen LogP contribution >= 0.6 is 0 Å². The molecule has 0 aliphatic heterocycles. The molecule has 0 saturated heterocycles. The van der Waals surface area contributed by atoms with Gasteiger partial charge >= 0.3 is 6.01 Å². The molecule has 0 amide bonds. The Kier molecular flexibility index (Phi) is 5.32. The van der Waals surface area contributed by atoms with Crippen LogP contribution in [0, 0.1) is 0 Å². The third kappa shape index (κ3) is 6.19. The maximum atomic E-state index is 10.8. The molecular weight excluding hydrogens is 246 g/mol. The van der Waals surface area contributed by atoms with Crippen LogP contribution in [-0.2, 0) is 16.6 Å². The summed E-state index contributed by atoms with van der Waals surface area (Å²) in [7, 11) is -1.32. The molecule has 0 fully saturated rings. The zero-order chi connectivity index (χ0) is 12.7. The van der Waals surface area contributed by atoms with Crippen molar-refractivity contribution in [1.82, 2.24) is 20.2 Å². The smallest absolute Gasteiger partial charge is 0.315 e. The molecule has 0 atom stereocenters. The van der Waals surface area contributed by atoms with Gasteiger partial charge in [-0.1, -0.05) is 5.10 Å². The highest BCUT2D eigenvalue weighted by molar-refractivity contribution is 7.88. The maximum Gasteiger partial charge on any atom is 0.315 e. The van der Waals surface area contributed by atoms with Crippen molar-refractivity contribution in [2.24, 2.45) is 0 Å². The fraction of sp³-hybridized carbons (Fsp3) is 0.750. The van der Waals surface area contributed by atoms with E-state index in [1.165, 1.54) is 0 Å². The Bertz CT molecular complexity index is 430. The largest absolute Gasteiger partial charge is 0.407 e. The van der Waals surface area contributed by atoms with E-state index in [0.29, 0.717) is 38.0 Å². The van der Waals surface area contributed by atoms with E-state index in [1.807, 2.05) is 0 Å². The summed E-state index contributed by atoms with van der Waals surface area (Å²) in [5.74, 6) is 0.504. The van der Waals surface area contributed by atoms with Gasteiger partial charge in [0.25, 0.3) is 0 Å². The molecule has 0 aliphatic carbocycles. The van der Waals surface area contributed by atoms with Crippen LogP contribution in [0.3, 0.4) is 0 Å². The summed E-state index contributed by atoms with van der Waals surface area (Å²) in [6.45, 7) is 1.46. The van der Waals surface area contributed by atoms with Crippen LogP contribution in [0.25, 0.3) is 0 Å². The molecule has 0 aliphatic rings. The van der Waals surface area contributed by atoms with Crippen molar-refractivity contribution in [3.63, 3.8) is 0 Å². The molecule has 1 aromatic rings. The molecule has 0 bridgehead atoms. The van der Waals surface area contributed by atoms with Crippen molar-refractivity contribution in [2.75, 3.05) is 31.7 Å². The second kappa shape index (κ2) is 6.52. The first kappa shape index (κ1) is 13.9. The fourth-order valence-corrected chi connectivity index (χ4v) is 1.60. The van der Waals surface area contributed by atoms with E-state index in [-0.39, 0.29) is 0 Å². The first-order chi connectivity index (χ1) is 8.01. The minimum atomic E-state index is -3.11. The number of aromatic nitrogens is 2. The van der Waals surface area contributed by atoms with Crippen LogP contribution in [0.4, 0.5) is 6.01 Å². The molecule has 0 unspecified atom stereocenters. The Hall–Kier alpha value is -1.19. The summed E-state index contributed by atoms with van der Waals surface area (Å²) in [6.07, 6.45) is 1.76. The quantitative estimate of drug-likeness (QED) is 0.523. The molecule has 0 spiro atoms. The molecule has 0 saturated carbocycles. The monoisotopic (exact) mass is 263 g/mol. The van der Waals surface area contributed by atoms with E-state index in [9.17, 15) is 8.42 Å². The summed E-state index contributed by atoms with van der Waals surface area (Å²) < 4.78 is 29.1. The Morgan fingerprint density at radius 1 is 1.29 bits per heavy atom. The van der Waals surface area contributed by atoms with Crippen LogP contribution in [0.1, 0.15) is 12.3 Å². The van der Waals surface area contributed by atoms with E-state index in [0.717, 1.165) is 6.26 Å². The fourth-order valence-electron chi connectivity index (χ4n) is 1.09. The van der Waals surface area contributed by atoms with Gasteiger partial charge in [0, 0.05) is 13.1 Å². The predicted octanol–water partition coefficient (Wildman–Crippen LogP) is -0.860. The molecule has 1 rings (SSSR count). The van der Waals surface area contributed by atoms with Crippen LogP contribution in [0.2, 0.25) is 0 Å². The van der Waals surface area contributed by atoms with Crippen LogP contribution in [0.15, 0.2) is 4.42 Å². The minimum absolute atomic E-state index is 0.342. The zero-order valence-corrected chi connectivity index (χ0v) is 10.7. The Labute approximate surface area is 100 Å². The van der Waals surface area contributed by atoms with Gasteiger partial charge in [0.05, 0.1) is 12.8 Å². The number of nitrogens with zero attached hydrogens (tertiary/aromatic N) is 2. The second-order valence-corrected chi connectivity index (χ2v) is 5.31. The minimum Gasteiger partial charge on any atom is -0.407 e. The molecule has 98 valence electrons. The maximum absolute atomic E-state index is 10.8. The van der Waals surface area contributed by atoms with Crippen LogP contribution in [0.5, 0.6) is 0 Å². The predicted molar refractivity (Wildman–Crippen MR) is 63.0 cm³/mol. The van der Waals surface area contributed by atoms with Crippen molar-refractivity contribution < 1.29 is 12.8 Å². The average molecular weight is 263 g/mol. The van der Waals surface area contributed by atoms with Gasteiger partial charge in [0.1, 0.15) is 0 Å². The molecule has 0 radical (unpaired) electrons. The van der Waals surface area contributed by atoms with Crippen molar-refractivity contribution in [3.8, 4) is 0 Å². The van der Waals surface area contributed by atoms with Crippen molar-refractivity contribution in [2.45, 2.75) is 13.0 Å². The summed E-state index contributed by atoms with van der Waals surface area (Å²) in [4.78, 5) is 0. The highest BCUT2D eigenvalue weighted by atomic mass is 32.2. The molecule has 3 N–H and O–H groups in total. The molecular formula is C8H17N5O3S. The van der Waals surface area contributed by atoms with E-state index in [2.05, 4.69) is 25.6 Å². The summed E-state index contributed by atoms with van der Waals surface area (Å²) in [5, 5.41) is 13.4. The Morgan fingerprint density at radius 2 is 2.06 bits per heavy atom. The van der Waals surface area contributed by atoms with Crippen LogP contribution < -0.4 is 15.4 Å². The molecule has 9 heteroatoms. The van der Waals surface area contributed by atoms with Gasteiger partial charge < -0.3 is 15.1 Å². The number of hydrogen-bond acceptors (Lipinski definition) is 7. The van der Waals surface area contributed by atoms with Crippen molar-refractivity contribution in [3.05, 3.63) is 5.89 Å². The molecule has 17 heavy (non-hydrogen) atoms. The summed E-state index contributed by atoms with van der Waals surface area (Å²) >= 11 is 0. The van der Waals surface area contributed by atoms with E-state index in [4.69, 9.17) is 4.42 Å². The Balaban J connectivity index is 2.17. The highest BCUT2D eigenvalue weighted by Crippen LogP contribution is 2.04. The number of sulfonamides is 1. The molecule has 1 heterocycles. The van der Waals surface area contributed by atoms with Gasteiger partial charge in [-0.15, -0.1) is 5.10 Å². The first-order valence-corrected chi connectivity index (χ1v) is 7.06. The van der Waals surface area contributed by atoms with Gasteiger partial charge in [-0.05, 0) is 13.5 Å². The van der Waals surface area contributed by atoms with Gasteiger partial charge in [0.15, 0.2) is 0 Å². The number of nitrogens with one attached hydrogen (secondary N) is 3. The van der Waals surface area contributed by atoms with Gasteiger partial charge in [0.2, 0.25) is 15.9 Å². The molecule has 8 nitrogen and oxygen atoms in total. The van der Waals surface area contributed by atoms with Gasteiger partial charge in [-0.3, -0.25) is 0 Å². The van der Waals surface area contributed by atoms with E-state index >= 15 is 0 Å². The van der Waals surface area contributed by atoms with Gasteiger partial charge in [-0.25, -0.2) is 13.1 Å². The molecule has 1 aromatic heterocycles. The topological polar surface area (TPSA) is 109 Å². The lowest BCUT2D eigenvalue weighted by molar-refractivity contribution is 0.489. The van der Waals surface area contributed by atoms with Crippen molar-refractivity contribution >= 4 is 16.0 Å². The normalized spacial score (nSPS) is 11.6. The Morgan fingerprint density at radius 3 is 2.71 bits per heavy atom. The lowest BCUT2D eigenvalue weighted by Gasteiger charge is -2.02. The van der Waals surface area contributed by atoms with Crippen molar-refractivity contribution in [1.29, 1.82) is 0 Å². The zero-order valence-electron chi connectivity index (χ0n) is 9.86. The third-order valence-corrected chi connectivity index (χ3v) is 2.52. The van der Waals surface area contributed by atoms with Gasteiger partial charge in [-0.2, -0.15) is 0 Å². The first-order valence-electron chi connectivity index (χ1n) is 5.17. The number of rotatable bonds is 8. The second-order valence-electron chi connectivity index (χ2n) is 3.48. The van der Waals surface area contributed by atoms with Crippen LogP contribution in [-0.4, -0.2) is 45.0 Å². The summed E-state index contributed by atoms with van der Waals surface area (Å²) in [5.41, 5.74) is 0. The van der Waals surface area contributed by atoms with E-state index in [1.54, 1.807) is 7.05 Å². The SMILES string of the molecule is CNCc1nnc(NCCCNS(C)(=O)=O)o1. The number of anilines is 1. The lowest BCUT2D eigenvalue weighted by atomic mass is 10.4. The number of hydrogen-bond donors (Lipinski definition) is 3. The third-order valence-electron chi connectivity index (χ3n) is 1.79. The average Bonchev–Trinajstić information content (AvgIpc) is 2.64. The lowest BCUT2D eigenvalue weighted by Crippen LogP contribution is -2.24. The standard InChI is InChI=1S/C8H17N5O3S/c1-9-6-7-12-13-8(16-7)10-4-3-5-11-17(2,14)15/h9,11H,3-6H2,1-2H3,(H,10,13). The summed E-state index contributed by atoms with van der Waals surface area (Å²) in [6, 6.07) is 0.342. The highest BCUT2D eigenvalue weighted by Gasteiger charge is 2.04. The van der Waals surface area contributed by atoms with E-state index < -0.39 is 10.0 Å². The molecule has 0 aromatic carbocycles.